The van der Waals surface area contributed by atoms with Gasteiger partial charge in [0.1, 0.15) is 22.7 Å². The van der Waals surface area contributed by atoms with Crippen LogP contribution in [0.2, 0.25) is 0 Å². The zero-order valence-corrected chi connectivity index (χ0v) is 32.8. The van der Waals surface area contributed by atoms with Gasteiger partial charge in [0.15, 0.2) is 5.82 Å². The standard InChI is InChI=1S/C57H34N2O2/c1-2-15-36(16-3-1)48-34-49(41-21-14-28-53-54(41)42-20-7-11-25-50(42)60-53)59-56(58-48)37-31-29-35(30-32-37)43-33-44-39-18-6-8-22-45(39)57(55(44)40-19-5-4-17-38(40)43)46-23-9-12-26-51(46)61-52-27-13-10-24-47(52)57/h1-34H. The van der Waals surface area contributed by atoms with Crippen LogP contribution in [0.15, 0.2) is 211 Å². The van der Waals surface area contributed by atoms with Gasteiger partial charge in [-0.15, -0.1) is 0 Å². The lowest BCUT2D eigenvalue weighted by Gasteiger charge is -2.40. The van der Waals surface area contributed by atoms with Crippen molar-refractivity contribution in [2.24, 2.45) is 0 Å². The first-order valence-corrected chi connectivity index (χ1v) is 20.7. The van der Waals surface area contributed by atoms with Gasteiger partial charge in [-0.3, -0.25) is 0 Å². The fraction of sp³-hybridized carbons (Fsp3) is 0.0175. The molecule has 9 aromatic carbocycles. The molecule has 11 aromatic rings. The number of aromatic nitrogens is 2. The van der Waals surface area contributed by atoms with Crippen LogP contribution in [0.25, 0.3) is 88.9 Å². The average Bonchev–Trinajstić information content (AvgIpc) is 3.86. The van der Waals surface area contributed by atoms with E-state index in [4.69, 9.17) is 19.1 Å². The van der Waals surface area contributed by atoms with Crippen LogP contribution in [0.3, 0.4) is 0 Å². The fourth-order valence-electron chi connectivity index (χ4n) is 10.2. The van der Waals surface area contributed by atoms with Crippen LogP contribution in [-0.2, 0) is 5.41 Å². The molecule has 284 valence electrons. The maximum Gasteiger partial charge on any atom is 0.160 e. The Morgan fingerprint density at radius 2 is 0.951 bits per heavy atom. The van der Waals surface area contributed by atoms with Crippen LogP contribution >= 0.6 is 0 Å². The van der Waals surface area contributed by atoms with Crippen LogP contribution in [-0.4, -0.2) is 9.97 Å². The zero-order valence-electron chi connectivity index (χ0n) is 32.8. The van der Waals surface area contributed by atoms with E-state index in [1.807, 2.05) is 30.3 Å². The first kappa shape index (κ1) is 33.8. The molecule has 0 saturated carbocycles. The molecule has 0 bridgehead atoms. The van der Waals surface area contributed by atoms with Crippen LogP contribution in [0.5, 0.6) is 11.5 Å². The lowest BCUT2D eigenvalue weighted by molar-refractivity contribution is 0.437. The number of fused-ring (bicyclic) bond motifs is 14. The molecule has 13 rings (SSSR count). The summed E-state index contributed by atoms with van der Waals surface area (Å²) in [5, 5.41) is 4.55. The molecule has 1 aliphatic carbocycles. The Morgan fingerprint density at radius 3 is 1.74 bits per heavy atom. The molecule has 4 heteroatoms. The van der Waals surface area contributed by atoms with Gasteiger partial charge in [0.05, 0.1) is 16.8 Å². The molecule has 0 radical (unpaired) electrons. The van der Waals surface area contributed by atoms with E-state index in [9.17, 15) is 0 Å². The highest BCUT2D eigenvalue weighted by atomic mass is 16.5. The fourth-order valence-corrected chi connectivity index (χ4v) is 10.2. The lowest BCUT2D eigenvalue weighted by Crippen LogP contribution is -2.32. The number of rotatable bonds is 4. The predicted molar refractivity (Wildman–Crippen MR) is 246 cm³/mol. The molecule has 0 amide bonds. The van der Waals surface area contributed by atoms with Crippen molar-refractivity contribution < 1.29 is 9.15 Å². The first-order valence-electron chi connectivity index (χ1n) is 20.7. The highest BCUT2D eigenvalue weighted by Crippen LogP contribution is 2.64. The van der Waals surface area contributed by atoms with Gasteiger partial charge in [0.2, 0.25) is 0 Å². The molecular weight excluding hydrogens is 745 g/mol. The van der Waals surface area contributed by atoms with Gasteiger partial charge in [-0.2, -0.15) is 0 Å². The molecule has 1 aliphatic heterocycles. The van der Waals surface area contributed by atoms with Crippen molar-refractivity contribution in [3.05, 3.63) is 229 Å². The van der Waals surface area contributed by atoms with Crippen molar-refractivity contribution in [3.8, 4) is 67.7 Å². The van der Waals surface area contributed by atoms with Gasteiger partial charge < -0.3 is 9.15 Å². The summed E-state index contributed by atoms with van der Waals surface area (Å²) >= 11 is 0. The van der Waals surface area contributed by atoms with E-state index in [-0.39, 0.29) is 0 Å². The molecule has 0 fully saturated rings. The SMILES string of the molecule is c1ccc(-c2cc(-c3cccc4oc5ccccc5c34)nc(-c3ccc(-c4cc5c(c6ccccc46)C4(c6ccccc6Oc6ccccc64)c4ccccc4-5)cc3)n2)cc1. The van der Waals surface area contributed by atoms with Gasteiger partial charge in [-0.1, -0.05) is 170 Å². The third-order valence-electron chi connectivity index (χ3n) is 12.8. The Hall–Kier alpha value is -8.08. The number of furan rings is 1. The number of para-hydroxylation sites is 3. The second kappa shape index (κ2) is 13.0. The number of hydrogen-bond donors (Lipinski definition) is 0. The third-order valence-corrected chi connectivity index (χ3v) is 12.8. The minimum absolute atomic E-state index is 0.550. The summed E-state index contributed by atoms with van der Waals surface area (Å²) in [7, 11) is 0. The summed E-state index contributed by atoms with van der Waals surface area (Å²) in [6.45, 7) is 0. The van der Waals surface area contributed by atoms with Crippen molar-refractivity contribution in [2.75, 3.05) is 0 Å². The van der Waals surface area contributed by atoms with Gasteiger partial charge in [-0.05, 0) is 80.6 Å². The minimum atomic E-state index is -0.550. The van der Waals surface area contributed by atoms with E-state index in [1.54, 1.807) is 0 Å². The normalized spacial score (nSPS) is 13.2. The Bertz CT molecular complexity index is 3520. The van der Waals surface area contributed by atoms with E-state index in [1.165, 1.54) is 38.6 Å². The molecule has 2 aromatic heterocycles. The summed E-state index contributed by atoms with van der Waals surface area (Å²) in [6, 6.07) is 73.0. The topological polar surface area (TPSA) is 48.2 Å². The predicted octanol–water partition coefficient (Wildman–Crippen LogP) is 14.7. The van der Waals surface area contributed by atoms with Crippen molar-refractivity contribution >= 4 is 32.7 Å². The third kappa shape index (κ3) is 4.87. The van der Waals surface area contributed by atoms with Crippen molar-refractivity contribution in [1.29, 1.82) is 0 Å². The highest BCUT2D eigenvalue weighted by Gasteiger charge is 2.52. The smallest absolute Gasteiger partial charge is 0.160 e. The van der Waals surface area contributed by atoms with E-state index in [2.05, 4.69) is 176 Å². The van der Waals surface area contributed by atoms with Crippen molar-refractivity contribution in [2.45, 2.75) is 5.41 Å². The molecule has 61 heavy (non-hydrogen) atoms. The van der Waals surface area contributed by atoms with Crippen LogP contribution < -0.4 is 4.74 Å². The summed E-state index contributed by atoms with van der Waals surface area (Å²) < 4.78 is 12.9. The Labute approximate surface area is 352 Å². The molecule has 0 N–H and O–H groups in total. The van der Waals surface area contributed by atoms with Crippen LogP contribution in [0, 0.1) is 0 Å². The number of hydrogen-bond acceptors (Lipinski definition) is 4. The summed E-state index contributed by atoms with van der Waals surface area (Å²) in [4.78, 5) is 10.5. The molecular formula is C57H34N2O2. The molecule has 0 unspecified atom stereocenters. The van der Waals surface area contributed by atoms with E-state index in [0.29, 0.717) is 5.82 Å². The quantitative estimate of drug-likeness (QED) is 0.179. The first-order chi connectivity index (χ1) is 30.2. The van der Waals surface area contributed by atoms with E-state index >= 15 is 0 Å². The van der Waals surface area contributed by atoms with Crippen LogP contribution in [0.1, 0.15) is 22.3 Å². The number of ether oxygens (including phenoxy) is 1. The van der Waals surface area contributed by atoms with Gasteiger partial charge in [-0.25, -0.2) is 9.97 Å². The number of benzene rings is 9. The highest BCUT2D eigenvalue weighted by molar-refractivity contribution is 6.12. The maximum absolute atomic E-state index is 6.63. The molecule has 4 nitrogen and oxygen atoms in total. The van der Waals surface area contributed by atoms with Gasteiger partial charge >= 0.3 is 0 Å². The summed E-state index contributed by atoms with van der Waals surface area (Å²) in [6.07, 6.45) is 0. The van der Waals surface area contributed by atoms with Crippen LogP contribution in [0.4, 0.5) is 0 Å². The second-order valence-corrected chi connectivity index (χ2v) is 16.0. The minimum Gasteiger partial charge on any atom is -0.457 e. The largest absolute Gasteiger partial charge is 0.457 e. The van der Waals surface area contributed by atoms with Crippen molar-refractivity contribution in [3.63, 3.8) is 0 Å². The average molecular weight is 779 g/mol. The Balaban J connectivity index is 0.997. The summed E-state index contributed by atoms with van der Waals surface area (Å²) in [5.74, 6) is 2.45. The lowest BCUT2D eigenvalue weighted by atomic mass is 9.65. The van der Waals surface area contributed by atoms with E-state index < -0.39 is 5.41 Å². The monoisotopic (exact) mass is 778 g/mol. The molecule has 0 saturated heterocycles. The van der Waals surface area contributed by atoms with Gasteiger partial charge in [0.25, 0.3) is 0 Å². The maximum atomic E-state index is 6.63. The molecule has 3 heterocycles. The molecule has 0 atom stereocenters. The Morgan fingerprint density at radius 1 is 0.361 bits per heavy atom. The molecule has 2 aliphatic rings. The second-order valence-electron chi connectivity index (χ2n) is 16.0. The number of nitrogens with zero attached hydrogens (tertiary/aromatic N) is 2. The van der Waals surface area contributed by atoms with E-state index in [0.717, 1.165) is 78.2 Å². The van der Waals surface area contributed by atoms with Gasteiger partial charge in [0, 0.05) is 38.6 Å². The zero-order chi connectivity index (χ0) is 40.1. The molecule has 1 spiro atoms. The Kier molecular flexibility index (Phi) is 7.19. The summed E-state index contributed by atoms with van der Waals surface area (Å²) in [5.41, 5.74) is 15.5. The van der Waals surface area contributed by atoms with Crippen molar-refractivity contribution in [1.82, 2.24) is 9.97 Å².